The van der Waals surface area contributed by atoms with Crippen LogP contribution in [0.2, 0.25) is 0 Å². The number of benzene rings is 3. The molecule has 0 atom stereocenters. The Labute approximate surface area is 157 Å². The van der Waals surface area contributed by atoms with Gasteiger partial charge in [-0.25, -0.2) is 8.78 Å². The normalized spacial score (nSPS) is 10.7. The van der Waals surface area contributed by atoms with Gasteiger partial charge in [0.25, 0.3) is 0 Å². The summed E-state index contributed by atoms with van der Waals surface area (Å²) in [6.07, 6.45) is 0. The van der Waals surface area contributed by atoms with Crippen molar-refractivity contribution in [2.75, 3.05) is 21.3 Å². The van der Waals surface area contributed by atoms with Crippen LogP contribution in [0.3, 0.4) is 0 Å². The molecule has 3 aromatic rings. The molecule has 0 N–H and O–H groups in total. The minimum absolute atomic E-state index is 0.305. The van der Waals surface area contributed by atoms with Crippen molar-refractivity contribution in [3.63, 3.8) is 0 Å². The predicted octanol–water partition coefficient (Wildman–Crippen LogP) is 5.17. The standard InChI is InChI=1S/C22H20F2O3/c1-25-19-13-21(27-3)20(26-2)12-18(19)22(14-4-8-16(23)9-5-14)15-6-10-17(24)11-7-15/h4-13,22H,1-3H3. The van der Waals surface area contributed by atoms with Gasteiger partial charge in [-0.3, -0.25) is 0 Å². The third-order valence-corrected chi connectivity index (χ3v) is 4.45. The summed E-state index contributed by atoms with van der Waals surface area (Å²) in [7, 11) is 4.67. The van der Waals surface area contributed by atoms with Crippen molar-refractivity contribution in [1.82, 2.24) is 0 Å². The van der Waals surface area contributed by atoms with Gasteiger partial charge in [-0.15, -0.1) is 0 Å². The van der Waals surface area contributed by atoms with Crippen LogP contribution < -0.4 is 14.2 Å². The molecule has 0 amide bonds. The molecule has 27 heavy (non-hydrogen) atoms. The van der Waals surface area contributed by atoms with E-state index in [1.54, 1.807) is 51.7 Å². The highest BCUT2D eigenvalue weighted by atomic mass is 19.1. The van der Waals surface area contributed by atoms with Crippen molar-refractivity contribution in [2.45, 2.75) is 5.92 Å². The largest absolute Gasteiger partial charge is 0.496 e. The maximum Gasteiger partial charge on any atom is 0.164 e. The fraction of sp³-hybridized carbons (Fsp3) is 0.182. The van der Waals surface area contributed by atoms with E-state index in [1.807, 2.05) is 6.07 Å². The minimum Gasteiger partial charge on any atom is -0.496 e. The lowest BCUT2D eigenvalue weighted by Crippen LogP contribution is -2.07. The predicted molar refractivity (Wildman–Crippen MR) is 99.8 cm³/mol. The van der Waals surface area contributed by atoms with Gasteiger partial charge in [0.2, 0.25) is 0 Å². The van der Waals surface area contributed by atoms with Crippen LogP contribution in [0.1, 0.15) is 22.6 Å². The lowest BCUT2D eigenvalue weighted by molar-refractivity contribution is 0.347. The van der Waals surface area contributed by atoms with E-state index in [0.29, 0.717) is 17.2 Å². The molecule has 0 saturated carbocycles. The number of halogens is 2. The summed E-state index contributed by atoms with van der Waals surface area (Å²) in [4.78, 5) is 0. The molecule has 0 spiro atoms. The smallest absolute Gasteiger partial charge is 0.164 e. The lowest BCUT2D eigenvalue weighted by Gasteiger charge is -2.23. The van der Waals surface area contributed by atoms with Crippen molar-refractivity contribution < 1.29 is 23.0 Å². The van der Waals surface area contributed by atoms with Crippen LogP contribution in [0.4, 0.5) is 8.78 Å². The number of rotatable bonds is 6. The Morgan fingerprint density at radius 1 is 0.593 bits per heavy atom. The van der Waals surface area contributed by atoms with Gasteiger partial charge in [0, 0.05) is 17.5 Å². The van der Waals surface area contributed by atoms with E-state index < -0.39 is 0 Å². The molecule has 140 valence electrons. The van der Waals surface area contributed by atoms with Crippen LogP contribution in [0.5, 0.6) is 17.2 Å². The summed E-state index contributed by atoms with van der Waals surface area (Å²) in [5.74, 6) is 0.719. The van der Waals surface area contributed by atoms with E-state index in [1.165, 1.54) is 24.3 Å². The van der Waals surface area contributed by atoms with Crippen LogP contribution in [-0.2, 0) is 0 Å². The third kappa shape index (κ3) is 3.87. The first-order valence-electron chi connectivity index (χ1n) is 8.38. The Morgan fingerprint density at radius 2 is 1.00 bits per heavy atom. The van der Waals surface area contributed by atoms with Gasteiger partial charge in [0.1, 0.15) is 17.4 Å². The van der Waals surface area contributed by atoms with E-state index >= 15 is 0 Å². The third-order valence-electron chi connectivity index (χ3n) is 4.45. The van der Waals surface area contributed by atoms with E-state index in [0.717, 1.165) is 16.7 Å². The first-order chi connectivity index (χ1) is 13.1. The van der Waals surface area contributed by atoms with Gasteiger partial charge in [-0.1, -0.05) is 24.3 Å². The van der Waals surface area contributed by atoms with Crippen LogP contribution in [0.25, 0.3) is 0 Å². The topological polar surface area (TPSA) is 27.7 Å². The van der Waals surface area contributed by atoms with Crippen molar-refractivity contribution in [2.24, 2.45) is 0 Å². The first-order valence-corrected chi connectivity index (χ1v) is 8.38. The molecule has 0 saturated heterocycles. The highest BCUT2D eigenvalue weighted by molar-refractivity contribution is 5.57. The van der Waals surface area contributed by atoms with Crippen LogP contribution >= 0.6 is 0 Å². The van der Waals surface area contributed by atoms with E-state index in [9.17, 15) is 8.78 Å². The van der Waals surface area contributed by atoms with Crippen molar-refractivity contribution in [3.8, 4) is 17.2 Å². The molecule has 0 aliphatic rings. The average molecular weight is 370 g/mol. The zero-order valence-corrected chi connectivity index (χ0v) is 15.3. The van der Waals surface area contributed by atoms with E-state index in [4.69, 9.17) is 14.2 Å². The summed E-state index contributed by atoms with van der Waals surface area (Å²) in [5, 5.41) is 0. The molecule has 5 heteroatoms. The Kier molecular flexibility index (Phi) is 5.60. The Hall–Kier alpha value is -3.08. The maximum atomic E-state index is 13.5. The first kappa shape index (κ1) is 18.7. The van der Waals surface area contributed by atoms with Gasteiger partial charge >= 0.3 is 0 Å². The fourth-order valence-corrected chi connectivity index (χ4v) is 3.14. The molecule has 3 nitrogen and oxygen atoms in total. The molecule has 0 aliphatic carbocycles. The Balaban J connectivity index is 2.24. The second-order valence-corrected chi connectivity index (χ2v) is 5.99. The Bertz CT molecular complexity index is 861. The molecular formula is C22H20F2O3. The van der Waals surface area contributed by atoms with Crippen LogP contribution in [0, 0.1) is 11.6 Å². The van der Waals surface area contributed by atoms with Crippen LogP contribution in [0.15, 0.2) is 60.7 Å². The summed E-state index contributed by atoms with van der Waals surface area (Å²) >= 11 is 0. The molecule has 0 unspecified atom stereocenters. The zero-order valence-electron chi connectivity index (χ0n) is 15.3. The van der Waals surface area contributed by atoms with Crippen molar-refractivity contribution in [1.29, 1.82) is 0 Å². The molecule has 0 heterocycles. The highest BCUT2D eigenvalue weighted by Gasteiger charge is 2.23. The number of methoxy groups -OCH3 is 3. The minimum atomic E-state index is -0.323. The number of hydrogen-bond donors (Lipinski definition) is 0. The highest BCUT2D eigenvalue weighted by Crippen LogP contribution is 2.43. The van der Waals surface area contributed by atoms with Gasteiger partial charge < -0.3 is 14.2 Å². The molecule has 0 aromatic heterocycles. The van der Waals surface area contributed by atoms with E-state index in [2.05, 4.69) is 0 Å². The summed E-state index contributed by atoms with van der Waals surface area (Å²) < 4.78 is 43.3. The number of ether oxygens (including phenoxy) is 3. The fourth-order valence-electron chi connectivity index (χ4n) is 3.14. The molecule has 0 radical (unpaired) electrons. The summed E-state index contributed by atoms with van der Waals surface area (Å²) in [6.45, 7) is 0. The van der Waals surface area contributed by atoms with Crippen molar-refractivity contribution >= 4 is 0 Å². The van der Waals surface area contributed by atoms with E-state index in [-0.39, 0.29) is 17.6 Å². The molecule has 0 fully saturated rings. The summed E-state index contributed by atoms with van der Waals surface area (Å²) in [6, 6.07) is 16.0. The zero-order chi connectivity index (χ0) is 19.4. The maximum absolute atomic E-state index is 13.5. The van der Waals surface area contributed by atoms with Gasteiger partial charge in [0.15, 0.2) is 11.5 Å². The second kappa shape index (κ2) is 8.08. The molecular weight excluding hydrogens is 350 g/mol. The lowest BCUT2D eigenvalue weighted by atomic mass is 9.84. The second-order valence-electron chi connectivity index (χ2n) is 5.99. The molecule has 3 rings (SSSR count). The van der Waals surface area contributed by atoms with Crippen LogP contribution in [-0.4, -0.2) is 21.3 Å². The SMILES string of the molecule is COc1cc(OC)c(C(c2ccc(F)cc2)c2ccc(F)cc2)cc1OC. The molecule has 3 aromatic carbocycles. The quantitative estimate of drug-likeness (QED) is 0.560. The number of hydrogen-bond acceptors (Lipinski definition) is 3. The average Bonchev–Trinajstić information content (AvgIpc) is 2.70. The Morgan fingerprint density at radius 3 is 1.41 bits per heavy atom. The monoisotopic (exact) mass is 370 g/mol. The van der Waals surface area contributed by atoms with Gasteiger partial charge in [-0.2, -0.15) is 0 Å². The molecule has 0 aliphatic heterocycles. The van der Waals surface area contributed by atoms with Gasteiger partial charge in [-0.05, 0) is 41.5 Å². The molecule has 0 bridgehead atoms. The van der Waals surface area contributed by atoms with Crippen molar-refractivity contribution in [3.05, 3.63) is 89.0 Å². The van der Waals surface area contributed by atoms with Gasteiger partial charge in [0.05, 0.1) is 21.3 Å². The summed E-state index contributed by atoms with van der Waals surface area (Å²) in [5.41, 5.74) is 2.48.